The number of nitrogens with zero attached hydrogens (tertiary/aromatic N) is 3. The number of hydrogen-bond donors (Lipinski definition) is 1. The van der Waals surface area contributed by atoms with Crippen molar-refractivity contribution >= 4 is 50.6 Å². The van der Waals surface area contributed by atoms with Crippen LogP contribution in [-0.4, -0.2) is 33.5 Å². The Morgan fingerprint density at radius 2 is 1.92 bits per heavy atom. The predicted molar refractivity (Wildman–Crippen MR) is 98.5 cm³/mol. The van der Waals surface area contributed by atoms with Gasteiger partial charge in [-0.3, -0.25) is 0 Å². The molecule has 0 bridgehead atoms. The molecule has 2 N–H and O–H groups in total. The number of aromatic nitrogens is 3. The lowest BCUT2D eigenvalue weighted by molar-refractivity contribution is 0.0467. The molecule has 0 spiro atoms. The third-order valence-electron chi connectivity index (χ3n) is 3.48. The maximum atomic E-state index is 12.0. The molecule has 0 saturated heterocycles. The van der Waals surface area contributed by atoms with E-state index >= 15 is 0 Å². The van der Waals surface area contributed by atoms with Crippen molar-refractivity contribution in [3.63, 3.8) is 0 Å². The zero-order chi connectivity index (χ0) is 18.8. The lowest BCUT2D eigenvalue weighted by Crippen LogP contribution is -2.07. The fraction of sp³-hybridized carbons (Fsp3) is 0.312. The largest absolute Gasteiger partial charge is 0.462 e. The van der Waals surface area contributed by atoms with Gasteiger partial charge in [0.1, 0.15) is 20.4 Å². The third-order valence-corrected chi connectivity index (χ3v) is 5.54. The smallest absolute Gasteiger partial charge is 0.350 e. The van der Waals surface area contributed by atoms with Gasteiger partial charge in [-0.15, -0.1) is 22.7 Å². The van der Waals surface area contributed by atoms with Gasteiger partial charge in [0, 0.05) is 0 Å². The summed E-state index contributed by atoms with van der Waals surface area (Å²) >= 11 is 2.43. The van der Waals surface area contributed by atoms with Gasteiger partial charge in [0.2, 0.25) is 0 Å². The number of esters is 2. The number of anilines is 1. The fourth-order valence-electron chi connectivity index (χ4n) is 2.33. The van der Waals surface area contributed by atoms with E-state index < -0.39 is 11.9 Å². The molecule has 26 heavy (non-hydrogen) atoms. The van der Waals surface area contributed by atoms with Crippen molar-refractivity contribution < 1.29 is 19.1 Å². The second-order valence-electron chi connectivity index (χ2n) is 5.30. The van der Waals surface area contributed by atoms with Crippen molar-refractivity contribution in [3.8, 4) is 0 Å². The molecule has 0 aromatic carbocycles. The maximum Gasteiger partial charge on any atom is 0.350 e. The van der Waals surface area contributed by atoms with E-state index in [2.05, 4.69) is 15.0 Å². The van der Waals surface area contributed by atoms with Gasteiger partial charge in [-0.05, 0) is 26.3 Å². The molecule has 0 radical (unpaired) electrons. The highest BCUT2D eigenvalue weighted by molar-refractivity contribution is 7.20. The second-order valence-corrected chi connectivity index (χ2v) is 7.54. The SMILES string of the molecule is CCOC(=O)c1sc2nc(COC(=O)c3cnc(C)s3)nc(N)c2c1C. The average Bonchev–Trinajstić information content (AvgIpc) is 3.17. The molecule has 136 valence electrons. The van der Waals surface area contributed by atoms with Gasteiger partial charge in [0.15, 0.2) is 12.4 Å². The Hall–Kier alpha value is -2.59. The zero-order valence-electron chi connectivity index (χ0n) is 14.4. The van der Waals surface area contributed by atoms with Gasteiger partial charge in [0.05, 0.1) is 23.2 Å². The molecule has 0 amide bonds. The lowest BCUT2D eigenvalue weighted by Gasteiger charge is -2.04. The molecule has 0 aliphatic heterocycles. The third kappa shape index (κ3) is 3.51. The number of carbonyl (C=O) groups is 2. The normalized spacial score (nSPS) is 10.9. The number of nitrogen functional groups attached to an aromatic ring is 1. The number of aryl methyl sites for hydroxylation is 2. The summed E-state index contributed by atoms with van der Waals surface area (Å²) in [5, 5.41) is 1.39. The van der Waals surface area contributed by atoms with E-state index in [-0.39, 0.29) is 24.9 Å². The van der Waals surface area contributed by atoms with E-state index in [1.165, 1.54) is 28.9 Å². The van der Waals surface area contributed by atoms with Crippen LogP contribution in [0.4, 0.5) is 5.82 Å². The Kier molecular flexibility index (Phi) is 5.14. The molecule has 3 heterocycles. The van der Waals surface area contributed by atoms with Crippen molar-refractivity contribution in [2.75, 3.05) is 12.3 Å². The number of carbonyl (C=O) groups excluding carboxylic acids is 2. The van der Waals surface area contributed by atoms with Crippen LogP contribution in [0.15, 0.2) is 6.20 Å². The molecule has 3 aromatic heterocycles. The van der Waals surface area contributed by atoms with E-state index in [9.17, 15) is 9.59 Å². The number of fused-ring (bicyclic) bond motifs is 1. The van der Waals surface area contributed by atoms with Crippen LogP contribution in [0.2, 0.25) is 0 Å². The summed E-state index contributed by atoms with van der Waals surface area (Å²) in [5.41, 5.74) is 6.71. The molecule has 3 rings (SSSR count). The second kappa shape index (κ2) is 7.34. The number of nitrogens with two attached hydrogens (primary N) is 1. The van der Waals surface area contributed by atoms with Gasteiger partial charge >= 0.3 is 11.9 Å². The quantitative estimate of drug-likeness (QED) is 0.659. The Morgan fingerprint density at radius 3 is 2.58 bits per heavy atom. The maximum absolute atomic E-state index is 12.0. The van der Waals surface area contributed by atoms with Crippen LogP contribution in [0.25, 0.3) is 10.2 Å². The molecule has 0 fully saturated rings. The van der Waals surface area contributed by atoms with Crippen molar-refractivity contribution in [1.29, 1.82) is 0 Å². The van der Waals surface area contributed by atoms with E-state index in [1.54, 1.807) is 20.8 Å². The lowest BCUT2D eigenvalue weighted by atomic mass is 10.2. The molecule has 8 nitrogen and oxygen atoms in total. The number of hydrogen-bond acceptors (Lipinski definition) is 10. The monoisotopic (exact) mass is 392 g/mol. The average molecular weight is 392 g/mol. The first kappa shape index (κ1) is 18.2. The Morgan fingerprint density at radius 1 is 1.15 bits per heavy atom. The Bertz CT molecular complexity index is 996. The van der Waals surface area contributed by atoms with Gasteiger partial charge in [-0.25, -0.2) is 24.5 Å². The molecule has 0 aliphatic carbocycles. The molecule has 3 aromatic rings. The predicted octanol–water partition coefficient (Wildman–Crippen LogP) is 2.88. The molecule has 10 heteroatoms. The van der Waals surface area contributed by atoms with Crippen LogP contribution >= 0.6 is 22.7 Å². The molecule has 0 saturated carbocycles. The Labute approximate surface area is 157 Å². The highest BCUT2D eigenvalue weighted by Crippen LogP contribution is 2.33. The van der Waals surface area contributed by atoms with Gasteiger partial charge in [-0.2, -0.15) is 0 Å². The van der Waals surface area contributed by atoms with E-state index in [4.69, 9.17) is 15.2 Å². The van der Waals surface area contributed by atoms with Crippen LogP contribution in [0.3, 0.4) is 0 Å². The minimum Gasteiger partial charge on any atom is -0.462 e. The first-order chi connectivity index (χ1) is 12.4. The summed E-state index contributed by atoms with van der Waals surface area (Å²) in [6, 6.07) is 0. The summed E-state index contributed by atoms with van der Waals surface area (Å²) in [7, 11) is 0. The molecule has 0 aliphatic rings. The molecular weight excluding hydrogens is 376 g/mol. The van der Waals surface area contributed by atoms with Crippen LogP contribution < -0.4 is 5.73 Å². The number of ether oxygens (including phenoxy) is 2. The zero-order valence-corrected chi connectivity index (χ0v) is 16.0. The minimum atomic E-state index is -0.493. The first-order valence-corrected chi connectivity index (χ1v) is 9.36. The summed E-state index contributed by atoms with van der Waals surface area (Å²) in [6.45, 7) is 5.48. The minimum absolute atomic E-state index is 0.123. The van der Waals surface area contributed by atoms with Gasteiger partial charge < -0.3 is 15.2 Å². The van der Waals surface area contributed by atoms with Crippen LogP contribution in [0.1, 0.15) is 42.7 Å². The molecule has 0 atom stereocenters. The van der Waals surface area contributed by atoms with E-state index in [0.717, 1.165) is 5.01 Å². The van der Waals surface area contributed by atoms with Gasteiger partial charge in [0.25, 0.3) is 0 Å². The van der Waals surface area contributed by atoms with Gasteiger partial charge in [-0.1, -0.05) is 0 Å². The topological polar surface area (TPSA) is 117 Å². The Balaban J connectivity index is 1.84. The summed E-state index contributed by atoms with van der Waals surface area (Å²) in [6.07, 6.45) is 1.47. The number of thiophene rings is 1. The summed E-state index contributed by atoms with van der Waals surface area (Å²) in [5.74, 6) is -0.409. The van der Waals surface area contributed by atoms with Crippen molar-refractivity contribution in [3.05, 3.63) is 32.3 Å². The van der Waals surface area contributed by atoms with E-state index in [0.29, 0.717) is 25.5 Å². The molecule has 0 unspecified atom stereocenters. The van der Waals surface area contributed by atoms with Crippen molar-refractivity contribution in [2.45, 2.75) is 27.4 Å². The van der Waals surface area contributed by atoms with E-state index in [1.807, 2.05) is 0 Å². The molecular formula is C16H16N4O4S2. The first-order valence-electron chi connectivity index (χ1n) is 7.72. The fourth-order valence-corrected chi connectivity index (χ4v) is 4.10. The highest BCUT2D eigenvalue weighted by atomic mass is 32.1. The van der Waals surface area contributed by atoms with Crippen molar-refractivity contribution in [2.24, 2.45) is 0 Å². The van der Waals surface area contributed by atoms with Crippen LogP contribution in [0, 0.1) is 13.8 Å². The van der Waals surface area contributed by atoms with Crippen LogP contribution in [0.5, 0.6) is 0 Å². The number of thiazole rings is 1. The van der Waals surface area contributed by atoms with Crippen molar-refractivity contribution in [1.82, 2.24) is 15.0 Å². The van der Waals surface area contributed by atoms with Crippen LogP contribution in [-0.2, 0) is 16.1 Å². The standard InChI is InChI=1S/C16H16N4O4S2/c1-4-23-16(22)12-7(2)11-13(17)19-10(20-14(11)26-12)6-24-15(21)9-5-18-8(3)25-9/h5H,4,6H2,1-3H3,(H2,17,19,20). The number of rotatable bonds is 5. The summed E-state index contributed by atoms with van der Waals surface area (Å²) in [4.78, 5) is 38.0. The summed E-state index contributed by atoms with van der Waals surface area (Å²) < 4.78 is 10.3. The highest BCUT2D eigenvalue weighted by Gasteiger charge is 2.21.